The highest BCUT2D eigenvalue weighted by Gasteiger charge is 2.10. The van der Waals surface area contributed by atoms with Gasteiger partial charge in [-0.15, -0.1) is 0 Å². The van der Waals surface area contributed by atoms with Crippen molar-refractivity contribution in [3.05, 3.63) is 65.2 Å². The molecule has 0 amide bonds. The molecule has 0 aliphatic heterocycles. The third-order valence-electron chi connectivity index (χ3n) is 3.31. The van der Waals surface area contributed by atoms with Crippen molar-refractivity contribution < 1.29 is 9.90 Å². The first kappa shape index (κ1) is 14.9. The summed E-state index contributed by atoms with van der Waals surface area (Å²) in [4.78, 5) is 13.5. The molecular weight excluding hydrogens is 262 g/mol. The highest BCUT2D eigenvalue weighted by molar-refractivity contribution is 6.20. The van der Waals surface area contributed by atoms with E-state index >= 15 is 0 Å². The maximum atomic E-state index is 11.5. The number of carboxylic acid groups (broad SMARTS) is 1. The van der Waals surface area contributed by atoms with Crippen LogP contribution in [0.5, 0.6) is 0 Å². The monoisotopic (exact) mass is 281 g/mol. The fourth-order valence-corrected chi connectivity index (χ4v) is 2.04. The highest BCUT2D eigenvalue weighted by Crippen LogP contribution is 2.21. The summed E-state index contributed by atoms with van der Waals surface area (Å²) < 4.78 is 0. The molecule has 1 N–H and O–H groups in total. The second kappa shape index (κ2) is 6.27. The first-order valence-corrected chi connectivity index (χ1v) is 6.77. The van der Waals surface area contributed by atoms with Gasteiger partial charge in [-0.1, -0.05) is 42.0 Å². The average molecular weight is 281 g/mol. The van der Waals surface area contributed by atoms with Gasteiger partial charge in [-0.2, -0.15) is 0 Å². The summed E-state index contributed by atoms with van der Waals surface area (Å²) in [6.45, 7) is 1.98. The zero-order valence-corrected chi connectivity index (χ0v) is 12.5. The zero-order valence-electron chi connectivity index (χ0n) is 12.5. The van der Waals surface area contributed by atoms with Crippen LogP contribution < -0.4 is 4.90 Å². The van der Waals surface area contributed by atoms with Crippen molar-refractivity contribution in [1.82, 2.24) is 0 Å². The summed E-state index contributed by atoms with van der Waals surface area (Å²) in [7, 11) is 3.94. The van der Waals surface area contributed by atoms with Gasteiger partial charge >= 0.3 is 5.97 Å². The van der Waals surface area contributed by atoms with Crippen molar-refractivity contribution in [2.24, 2.45) is 0 Å². The van der Waals surface area contributed by atoms with Crippen LogP contribution in [0.3, 0.4) is 0 Å². The lowest BCUT2D eigenvalue weighted by atomic mass is 10.0. The molecular formula is C18H19NO2. The molecule has 3 nitrogen and oxygen atoms in total. The van der Waals surface area contributed by atoms with E-state index < -0.39 is 5.97 Å². The summed E-state index contributed by atoms with van der Waals surface area (Å²) in [6.07, 6.45) is 1.70. The number of aryl methyl sites for hydroxylation is 1. The zero-order chi connectivity index (χ0) is 15.4. The Morgan fingerprint density at radius 2 is 1.57 bits per heavy atom. The van der Waals surface area contributed by atoms with Gasteiger partial charge in [0.25, 0.3) is 0 Å². The molecule has 0 saturated carbocycles. The standard InChI is InChI=1S/C18H19NO2/c1-13-4-8-15(9-5-13)17(18(20)21)12-14-6-10-16(11-7-14)19(2)3/h4-12H,1-3H3,(H,20,21)/b17-12+. The molecule has 0 unspecified atom stereocenters. The van der Waals surface area contributed by atoms with E-state index in [2.05, 4.69) is 0 Å². The molecule has 0 heterocycles. The van der Waals surface area contributed by atoms with Gasteiger partial charge in [0, 0.05) is 19.8 Å². The van der Waals surface area contributed by atoms with Gasteiger partial charge in [-0.05, 0) is 36.3 Å². The Morgan fingerprint density at radius 1 is 1.00 bits per heavy atom. The number of anilines is 1. The summed E-state index contributed by atoms with van der Waals surface area (Å²) in [5.74, 6) is -0.921. The van der Waals surface area contributed by atoms with Crippen molar-refractivity contribution in [2.75, 3.05) is 19.0 Å². The van der Waals surface area contributed by atoms with Crippen LogP contribution in [-0.4, -0.2) is 25.2 Å². The lowest BCUT2D eigenvalue weighted by Crippen LogP contribution is -2.08. The molecule has 108 valence electrons. The normalized spacial score (nSPS) is 11.3. The molecule has 0 aliphatic carbocycles. The minimum Gasteiger partial charge on any atom is -0.478 e. The Morgan fingerprint density at radius 3 is 2.05 bits per heavy atom. The maximum absolute atomic E-state index is 11.5. The predicted octanol–water partition coefficient (Wildman–Crippen LogP) is 3.69. The van der Waals surface area contributed by atoms with Gasteiger partial charge in [0.05, 0.1) is 5.57 Å². The van der Waals surface area contributed by atoms with E-state index in [1.54, 1.807) is 6.08 Å². The van der Waals surface area contributed by atoms with Crippen LogP contribution in [0.1, 0.15) is 16.7 Å². The molecule has 0 spiro atoms. The molecule has 2 rings (SSSR count). The second-order valence-corrected chi connectivity index (χ2v) is 5.22. The van der Waals surface area contributed by atoms with Gasteiger partial charge < -0.3 is 10.0 Å². The third kappa shape index (κ3) is 3.72. The molecule has 0 saturated heterocycles. The first-order chi connectivity index (χ1) is 9.97. The minimum atomic E-state index is -0.921. The van der Waals surface area contributed by atoms with Gasteiger partial charge in [-0.3, -0.25) is 0 Å². The average Bonchev–Trinajstić information content (AvgIpc) is 2.46. The van der Waals surface area contributed by atoms with Crippen LogP contribution in [0.2, 0.25) is 0 Å². The fourth-order valence-electron chi connectivity index (χ4n) is 2.04. The third-order valence-corrected chi connectivity index (χ3v) is 3.31. The van der Waals surface area contributed by atoms with Crippen LogP contribution in [0.25, 0.3) is 11.6 Å². The van der Waals surface area contributed by atoms with Gasteiger partial charge in [-0.25, -0.2) is 4.79 Å². The Kier molecular flexibility index (Phi) is 4.43. The molecule has 0 bridgehead atoms. The van der Waals surface area contributed by atoms with E-state index in [1.165, 1.54) is 0 Å². The van der Waals surface area contributed by atoms with E-state index in [1.807, 2.05) is 74.4 Å². The van der Waals surface area contributed by atoms with E-state index in [0.29, 0.717) is 11.1 Å². The summed E-state index contributed by atoms with van der Waals surface area (Å²) in [6, 6.07) is 15.3. The predicted molar refractivity (Wildman–Crippen MR) is 87.5 cm³/mol. The number of aliphatic carboxylic acids is 1. The Bertz CT molecular complexity index is 653. The largest absolute Gasteiger partial charge is 0.478 e. The van der Waals surface area contributed by atoms with Gasteiger partial charge in [0.15, 0.2) is 0 Å². The van der Waals surface area contributed by atoms with Crippen LogP contribution in [0, 0.1) is 6.92 Å². The summed E-state index contributed by atoms with van der Waals surface area (Å²) in [5.41, 5.74) is 4.08. The van der Waals surface area contributed by atoms with Crippen LogP contribution >= 0.6 is 0 Å². The lowest BCUT2D eigenvalue weighted by Gasteiger charge is -2.12. The number of carbonyl (C=O) groups is 1. The Balaban J connectivity index is 2.37. The Labute approximate surface area is 125 Å². The van der Waals surface area contributed by atoms with E-state index in [4.69, 9.17) is 0 Å². The minimum absolute atomic E-state index is 0.299. The quantitative estimate of drug-likeness (QED) is 0.686. The Hall–Kier alpha value is -2.55. The van der Waals surface area contributed by atoms with Gasteiger partial charge in [0.1, 0.15) is 0 Å². The number of rotatable bonds is 4. The SMILES string of the molecule is Cc1ccc(/C(=C\c2ccc(N(C)C)cc2)C(=O)O)cc1. The molecule has 2 aromatic carbocycles. The molecule has 0 fully saturated rings. The second-order valence-electron chi connectivity index (χ2n) is 5.22. The van der Waals surface area contributed by atoms with Crippen molar-refractivity contribution >= 4 is 23.3 Å². The van der Waals surface area contributed by atoms with Crippen LogP contribution in [-0.2, 0) is 4.79 Å². The molecule has 3 heteroatoms. The molecule has 2 aromatic rings. The summed E-state index contributed by atoms with van der Waals surface area (Å²) >= 11 is 0. The topological polar surface area (TPSA) is 40.5 Å². The first-order valence-electron chi connectivity index (χ1n) is 6.77. The fraction of sp³-hybridized carbons (Fsp3) is 0.167. The summed E-state index contributed by atoms with van der Waals surface area (Å²) in [5, 5.41) is 9.42. The number of hydrogen-bond acceptors (Lipinski definition) is 2. The molecule has 0 aliphatic rings. The number of benzene rings is 2. The molecule has 0 aromatic heterocycles. The number of carboxylic acids is 1. The van der Waals surface area contributed by atoms with Crippen LogP contribution in [0.15, 0.2) is 48.5 Å². The lowest BCUT2D eigenvalue weighted by molar-refractivity contribution is -0.130. The van der Waals surface area contributed by atoms with Crippen molar-refractivity contribution in [3.8, 4) is 0 Å². The number of nitrogens with zero attached hydrogens (tertiary/aromatic N) is 1. The van der Waals surface area contributed by atoms with E-state index in [9.17, 15) is 9.90 Å². The molecule has 0 atom stereocenters. The molecule has 0 radical (unpaired) electrons. The van der Waals surface area contributed by atoms with Crippen molar-refractivity contribution in [1.29, 1.82) is 0 Å². The smallest absolute Gasteiger partial charge is 0.336 e. The van der Waals surface area contributed by atoms with Crippen molar-refractivity contribution in [3.63, 3.8) is 0 Å². The van der Waals surface area contributed by atoms with Crippen LogP contribution in [0.4, 0.5) is 5.69 Å². The van der Waals surface area contributed by atoms with E-state index in [-0.39, 0.29) is 0 Å². The van der Waals surface area contributed by atoms with E-state index in [0.717, 1.165) is 16.8 Å². The highest BCUT2D eigenvalue weighted by atomic mass is 16.4. The van der Waals surface area contributed by atoms with Gasteiger partial charge in [0.2, 0.25) is 0 Å². The maximum Gasteiger partial charge on any atom is 0.336 e. The van der Waals surface area contributed by atoms with Crippen molar-refractivity contribution in [2.45, 2.75) is 6.92 Å². The number of hydrogen-bond donors (Lipinski definition) is 1. The molecule has 21 heavy (non-hydrogen) atoms.